The van der Waals surface area contributed by atoms with Crippen molar-refractivity contribution in [3.05, 3.63) is 12.4 Å². The predicted molar refractivity (Wildman–Crippen MR) is 60.8 cm³/mol. The molecule has 0 radical (unpaired) electrons. The van der Waals surface area contributed by atoms with Gasteiger partial charge < -0.3 is 14.8 Å². The molecular formula is C11H15N3O3. The molecule has 1 amide bonds. The predicted octanol–water partition coefficient (Wildman–Crippen LogP) is 0.850. The van der Waals surface area contributed by atoms with Gasteiger partial charge in [-0.25, -0.2) is 9.97 Å². The summed E-state index contributed by atoms with van der Waals surface area (Å²) >= 11 is 0. The van der Waals surface area contributed by atoms with Crippen molar-refractivity contribution in [1.29, 1.82) is 0 Å². The van der Waals surface area contributed by atoms with E-state index in [0.717, 1.165) is 6.42 Å². The molecule has 1 N–H and O–H groups in total. The smallest absolute Gasteiger partial charge is 0.316 e. The van der Waals surface area contributed by atoms with Crippen LogP contribution in [0.2, 0.25) is 0 Å². The summed E-state index contributed by atoms with van der Waals surface area (Å²) in [7, 11) is 0. The first-order valence-corrected chi connectivity index (χ1v) is 5.63. The second-order valence-corrected chi connectivity index (χ2v) is 3.74. The average molecular weight is 237 g/mol. The molecular weight excluding hydrogens is 222 g/mol. The van der Waals surface area contributed by atoms with E-state index < -0.39 is 0 Å². The number of amides is 1. The molecule has 17 heavy (non-hydrogen) atoms. The van der Waals surface area contributed by atoms with Gasteiger partial charge in [-0.05, 0) is 13.3 Å². The Labute approximate surface area is 99.4 Å². The molecule has 0 bridgehead atoms. The summed E-state index contributed by atoms with van der Waals surface area (Å²) in [4.78, 5) is 19.7. The highest BCUT2D eigenvalue weighted by atomic mass is 16.5. The summed E-state index contributed by atoms with van der Waals surface area (Å²) in [6.45, 7) is 3.52. The number of aromatic nitrogens is 2. The Hall–Kier alpha value is -1.69. The number of anilines is 1. The van der Waals surface area contributed by atoms with Crippen LogP contribution in [0, 0.1) is 5.92 Å². The lowest BCUT2D eigenvalue weighted by atomic mass is 10.1. The molecule has 0 spiro atoms. The van der Waals surface area contributed by atoms with E-state index in [2.05, 4.69) is 15.3 Å². The van der Waals surface area contributed by atoms with Gasteiger partial charge in [0.15, 0.2) is 0 Å². The monoisotopic (exact) mass is 237 g/mol. The zero-order chi connectivity index (χ0) is 12.1. The maximum atomic E-state index is 11.7. The lowest BCUT2D eigenvalue weighted by molar-refractivity contribution is -0.119. The highest BCUT2D eigenvalue weighted by Gasteiger charge is 2.23. The van der Waals surface area contributed by atoms with Gasteiger partial charge in [-0.15, -0.1) is 0 Å². The minimum absolute atomic E-state index is 0.0461. The van der Waals surface area contributed by atoms with Crippen molar-refractivity contribution in [2.75, 3.05) is 25.1 Å². The molecule has 6 nitrogen and oxygen atoms in total. The highest BCUT2D eigenvalue weighted by Crippen LogP contribution is 2.15. The summed E-state index contributed by atoms with van der Waals surface area (Å²) < 4.78 is 10.3. The molecule has 6 heteroatoms. The molecule has 1 unspecified atom stereocenters. The van der Waals surface area contributed by atoms with Gasteiger partial charge in [-0.3, -0.25) is 4.79 Å². The van der Waals surface area contributed by atoms with Gasteiger partial charge >= 0.3 is 6.01 Å². The van der Waals surface area contributed by atoms with E-state index in [4.69, 9.17) is 9.47 Å². The van der Waals surface area contributed by atoms with E-state index in [1.807, 2.05) is 6.92 Å². The van der Waals surface area contributed by atoms with Gasteiger partial charge in [0.05, 0.1) is 37.2 Å². The number of nitrogens with one attached hydrogen (secondary N) is 1. The van der Waals surface area contributed by atoms with Crippen LogP contribution in [0.25, 0.3) is 0 Å². The fourth-order valence-corrected chi connectivity index (χ4v) is 1.57. The summed E-state index contributed by atoms with van der Waals surface area (Å²) in [5, 5.41) is 2.75. The number of rotatable bonds is 4. The van der Waals surface area contributed by atoms with Gasteiger partial charge in [-0.2, -0.15) is 0 Å². The standard InChI is InChI=1S/C11H15N3O3/c1-2-17-11-12-5-9(6-13-11)14-10(15)8-3-4-16-7-8/h5-6,8H,2-4,7H2,1H3,(H,14,15). The highest BCUT2D eigenvalue weighted by molar-refractivity contribution is 5.92. The summed E-state index contributed by atoms with van der Waals surface area (Å²) in [6.07, 6.45) is 3.83. The van der Waals surface area contributed by atoms with Crippen molar-refractivity contribution in [3.63, 3.8) is 0 Å². The van der Waals surface area contributed by atoms with E-state index in [9.17, 15) is 4.79 Å². The van der Waals surface area contributed by atoms with Crippen LogP contribution in [-0.2, 0) is 9.53 Å². The number of ether oxygens (including phenoxy) is 2. The van der Waals surface area contributed by atoms with Crippen LogP contribution in [0.15, 0.2) is 12.4 Å². The maximum absolute atomic E-state index is 11.7. The van der Waals surface area contributed by atoms with Crippen LogP contribution in [0.1, 0.15) is 13.3 Å². The first kappa shape index (κ1) is 11.8. The Kier molecular flexibility index (Phi) is 3.87. The number of carbonyl (C=O) groups excluding carboxylic acids is 1. The normalized spacial score (nSPS) is 19.0. The molecule has 1 aromatic heterocycles. The average Bonchev–Trinajstić information content (AvgIpc) is 2.86. The topological polar surface area (TPSA) is 73.3 Å². The zero-order valence-corrected chi connectivity index (χ0v) is 9.68. The van der Waals surface area contributed by atoms with Gasteiger partial charge in [-0.1, -0.05) is 0 Å². The molecule has 2 rings (SSSR count). The van der Waals surface area contributed by atoms with Crippen molar-refractivity contribution < 1.29 is 14.3 Å². The van der Waals surface area contributed by atoms with Crippen molar-refractivity contribution in [3.8, 4) is 6.01 Å². The molecule has 2 heterocycles. The van der Waals surface area contributed by atoms with Crippen molar-refractivity contribution in [2.24, 2.45) is 5.92 Å². The third-order valence-electron chi connectivity index (χ3n) is 2.47. The van der Waals surface area contributed by atoms with E-state index >= 15 is 0 Å². The van der Waals surface area contributed by atoms with Gasteiger partial charge in [0.25, 0.3) is 0 Å². The molecule has 0 aromatic carbocycles. The van der Waals surface area contributed by atoms with Gasteiger partial charge in [0.1, 0.15) is 0 Å². The van der Waals surface area contributed by atoms with Crippen molar-refractivity contribution >= 4 is 11.6 Å². The largest absolute Gasteiger partial charge is 0.464 e. The SMILES string of the molecule is CCOc1ncc(NC(=O)C2CCOC2)cn1. The van der Waals surface area contributed by atoms with Crippen LogP contribution in [0.4, 0.5) is 5.69 Å². The number of hydrogen-bond acceptors (Lipinski definition) is 5. The Morgan fingerprint density at radius 3 is 2.94 bits per heavy atom. The van der Waals surface area contributed by atoms with Gasteiger partial charge in [0.2, 0.25) is 5.91 Å². The molecule has 0 aliphatic carbocycles. The number of nitrogens with zero attached hydrogens (tertiary/aromatic N) is 2. The molecule has 1 aliphatic rings. The summed E-state index contributed by atoms with van der Waals surface area (Å²) in [5.74, 6) is -0.114. The number of hydrogen-bond donors (Lipinski definition) is 1. The molecule has 1 saturated heterocycles. The second-order valence-electron chi connectivity index (χ2n) is 3.74. The van der Waals surface area contributed by atoms with E-state index in [-0.39, 0.29) is 11.8 Å². The Bertz CT molecular complexity index is 374. The third-order valence-corrected chi connectivity index (χ3v) is 2.47. The third kappa shape index (κ3) is 3.13. The summed E-state index contributed by atoms with van der Waals surface area (Å²) in [6, 6.07) is 0.315. The minimum Gasteiger partial charge on any atom is -0.464 e. The summed E-state index contributed by atoms with van der Waals surface area (Å²) in [5.41, 5.74) is 0.574. The van der Waals surface area contributed by atoms with Crippen molar-refractivity contribution in [1.82, 2.24) is 9.97 Å². The fourth-order valence-electron chi connectivity index (χ4n) is 1.57. The zero-order valence-electron chi connectivity index (χ0n) is 9.68. The molecule has 0 saturated carbocycles. The molecule has 1 aliphatic heterocycles. The quantitative estimate of drug-likeness (QED) is 0.840. The first-order chi connectivity index (χ1) is 8.29. The van der Waals surface area contributed by atoms with Crippen LogP contribution >= 0.6 is 0 Å². The molecule has 1 aromatic rings. The Morgan fingerprint density at radius 1 is 1.59 bits per heavy atom. The van der Waals surface area contributed by atoms with Crippen molar-refractivity contribution in [2.45, 2.75) is 13.3 Å². The minimum atomic E-state index is -0.0680. The fraction of sp³-hybridized carbons (Fsp3) is 0.545. The van der Waals surface area contributed by atoms with Crippen LogP contribution in [0.5, 0.6) is 6.01 Å². The Balaban J connectivity index is 1.91. The molecule has 92 valence electrons. The van der Waals surface area contributed by atoms with Crippen LogP contribution < -0.4 is 10.1 Å². The lowest BCUT2D eigenvalue weighted by Gasteiger charge is -2.08. The Morgan fingerprint density at radius 2 is 2.35 bits per heavy atom. The maximum Gasteiger partial charge on any atom is 0.316 e. The second kappa shape index (κ2) is 5.58. The number of carbonyl (C=O) groups is 1. The van der Waals surface area contributed by atoms with Crippen LogP contribution in [-0.4, -0.2) is 35.7 Å². The van der Waals surface area contributed by atoms with E-state index in [0.29, 0.717) is 31.5 Å². The van der Waals surface area contributed by atoms with Gasteiger partial charge in [0, 0.05) is 6.61 Å². The van der Waals surface area contributed by atoms with E-state index in [1.54, 1.807) is 0 Å². The van der Waals surface area contributed by atoms with Crippen LogP contribution in [0.3, 0.4) is 0 Å². The molecule has 1 fully saturated rings. The molecule has 1 atom stereocenters. The lowest BCUT2D eigenvalue weighted by Crippen LogP contribution is -2.23. The first-order valence-electron chi connectivity index (χ1n) is 5.63. The van der Waals surface area contributed by atoms with E-state index in [1.165, 1.54) is 12.4 Å².